The van der Waals surface area contributed by atoms with Gasteiger partial charge in [-0.05, 0) is 31.0 Å². The van der Waals surface area contributed by atoms with Gasteiger partial charge in [0, 0.05) is 6.54 Å². The Morgan fingerprint density at radius 2 is 1.91 bits per heavy atom. The third kappa shape index (κ3) is 2.09. The predicted octanol–water partition coefficient (Wildman–Crippen LogP) is -0.192. The Labute approximate surface area is 125 Å². The SMILES string of the molecule is O=C1NC(=O)c2cc(S(=O)(=O)N3CCCC3C(=O)O)ccc21. The van der Waals surface area contributed by atoms with Gasteiger partial charge in [0.25, 0.3) is 11.8 Å². The van der Waals surface area contributed by atoms with Crippen molar-refractivity contribution in [2.24, 2.45) is 0 Å². The van der Waals surface area contributed by atoms with Crippen LogP contribution in [-0.4, -0.2) is 48.2 Å². The Morgan fingerprint density at radius 3 is 2.59 bits per heavy atom. The number of carbonyl (C=O) groups is 3. The molecular weight excluding hydrogens is 312 g/mol. The molecule has 8 nitrogen and oxygen atoms in total. The van der Waals surface area contributed by atoms with E-state index in [4.69, 9.17) is 5.11 Å². The maximum Gasteiger partial charge on any atom is 0.322 e. The summed E-state index contributed by atoms with van der Waals surface area (Å²) in [6.45, 7) is 0.113. The largest absolute Gasteiger partial charge is 0.480 e. The number of benzene rings is 1. The molecule has 22 heavy (non-hydrogen) atoms. The maximum absolute atomic E-state index is 12.6. The first-order valence-electron chi connectivity index (χ1n) is 6.57. The van der Waals surface area contributed by atoms with Crippen LogP contribution in [0, 0.1) is 0 Å². The fourth-order valence-corrected chi connectivity index (χ4v) is 4.40. The Hall–Kier alpha value is -2.26. The molecule has 116 valence electrons. The van der Waals surface area contributed by atoms with E-state index in [9.17, 15) is 22.8 Å². The lowest BCUT2D eigenvalue weighted by Gasteiger charge is -2.21. The molecule has 0 bridgehead atoms. The first-order chi connectivity index (χ1) is 10.3. The summed E-state index contributed by atoms with van der Waals surface area (Å²) in [7, 11) is -4.03. The maximum atomic E-state index is 12.6. The quantitative estimate of drug-likeness (QED) is 0.743. The highest BCUT2D eigenvalue weighted by Gasteiger charge is 2.40. The second-order valence-electron chi connectivity index (χ2n) is 5.10. The molecule has 2 aliphatic rings. The topological polar surface area (TPSA) is 121 Å². The van der Waals surface area contributed by atoms with E-state index in [-0.39, 0.29) is 29.0 Å². The summed E-state index contributed by atoms with van der Waals surface area (Å²) in [4.78, 5) is 34.0. The van der Waals surface area contributed by atoms with Crippen molar-refractivity contribution in [2.75, 3.05) is 6.54 Å². The van der Waals surface area contributed by atoms with Crippen LogP contribution in [0.15, 0.2) is 23.1 Å². The van der Waals surface area contributed by atoms with Crippen molar-refractivity contribution in [3.63, 3.8) is 0 Å². The number of aliphatic carboxylic acids is 1. The van der Waals surface area contributed by atoms with Crippen LogP contribution in [0.2, 0.25) is 0 Å². The molecule has 1 unspecified atom stereocenters. The van der Waals surface area contributed by atoms with Crippen molar-refractivity contribution in [1.82, 2.24) is 9.62 Å². The van der Waals surface area contributed by atoms with Crippen LogP contribution in [0.3, 0.4) is 0 Å². The monoisotopic (exact) mass is 324 g/mol. The molecule has 0 aromatic heterocycles. The number of hydrogen-bond donors (Lipinski definition) is 2. The van der Waals surface area contributed by atoms with Gasteiger partial charge in [-0.1, -0.05) is 0 Å². The first kappa shape index (κ1) is 14.7. The van der Waals surface area contributed by atoms with Crippen molar-refractivity contribution in [3.05, 3.63) is 29.3 Å². The molecule has 1 fully saturated rings. The first-order valence-corrected chi connectivity index (χ1v) is 8.01. The third-order valence-electron chi connectivity index (χ3n) is 3.80. The zero-order valence-corrected chi connectivity index (χ0v) is 12.1. The van der Waals surface area contributed by atoms with Crippen molar-refractivity contribution >= 4 is 27.8 Å². The van der Waals surface area contributed by atoms with Gasteiger partial charge in [0.05, 0.1) is 16.0 Å². The number of carbonyl (C=O) groups excluding carboxylic acids is 2. The number of imide groups is 1. The van der Waals surface area contributed by atoms with Crippen molar-refractivity contribution in [2.45, 2.75) is 23.8 Å². The van der Waals surface area contributed by atoms with Crippen LogP contribution >= 0.6 is 0 Å². The molecule has 9 heteroatoms. The summed E-state index contributed by atoms with van der Waals surface area (Å²) in [5.74, 6) is -2.43. The van der Waals surface area contributed by atoms with E-state index in [0.29, 0.717) is 6.42 Å². The van der Waals surface area contributed by atoms with Gasteiger partial charge in [-0.3, -0.25) is 19.7 Å². The molecule has 1 aromatic carbocycles. The van der Waals surface area contributed by atoms with Crippen molar-refractivity contribution < 1.29 is 27.9 Å². The van der Waals surface area contributed by atoms with Gasteiger partial charge in [0.15, 0.2) is 0 Å². The summed E-state index contributed by atoms with van der Waals surface area (Å²) in [5, 5.41) is 11.2. The van der Waals surface area contributed by atoms with Gasteiger partial charge in [-0.2, -0.15) is 4.31 Å². The van der Waals surface area contributed by atoms with Crippen molar-refractivity contribution in [3.8, 4) is 0 Å². The zero-order valence-electron chi connectivity index (χ0n) is 11.3. The summed E-state index contributed by atoms with van der Waals surface area (Å²) in [5.41, 5.74) is 0.0947. The number of rotatable bonds is 3. The minimum atomic E-state index is -4.03. The molecule has 0 spiro atoms. The lowest BCUT2D eigenvalue weighted by molar-refractivity contribution is -0.140. The van der Waals surface area contributed by atoms with Crippen LogP contribution in [0.4, 0.5) is 0 Å². The Morgan fingerprint density at radius 1 is 1.23 bits per heavy atom. The normalized spacial score (nSPS) is 21.7. The van der Waals surface area contributed by atoms with E-state index in [1.165, 1.54) is 12.1 Å². The number of carboxylic acids is 1. The molecule has 0 aliphatic carbocycles. The van der Waals surface area contributed by atoms with E-state index in [0.717, 1.165) is 10.4 Å². The Balaban J connectivity index is 2.04. The van der Waals surface area contributed by atoms with Crippen molar-refractivity contribution in [1.29, 1.82) is 0 Å². The predicted molar refractivity (Wildman–Crippen MR) is 72.8 cm³/mol. The molecule has 2 N–H and O–H groups in total. The Bertz CT molecular complexity index is 801. The number of nitrogens with zero attached hydrogens (tertiary/aromatic N) is 1. The third-order valence-corrected chi connectivity index (χ3v) is 5.71. The lowest BCUT2D eigenvalue weighted by Crippen LogP contribution is -2.40. The molecule has 2 aliphatic heterocycles. The number of sulfonamides is 1. The molecule has 2 amide bonds. The molecule has 1 saturated heterocycles. The van der Waals surface area contributed by atoms with E-state index in [1.807, 2.05) is 0 Å². The lowest BCUT2D eigenvalue weighted by atomic mass is 10.1. The number of carboxylic acid groups (broad SMARTS) is 1. The fraction of sp³-hybridized carbons (Fsp3) is 0.308. The molecule has 0 radical (unpaired) electrons. The van der Waals surface area contributed by atoms with Gasteiger partial charge in [0.1, 0.15) is 6.04 Å². The summed E-state index contributed by atoms with van der Waals surface area (Å²) >= 11 is 0. The summed E-state index contributed by atoms with van der Waals surface area (Å²) in [6.07, 6.45) is 0.707. The number of nitrogens with one attached hydrogen (secondary N) is 1. The minimum absolute atomic E-state index is 0.0165. The van der Waals surface area contributed by atoms with Gasteiger partial charge >= 0.3 is 5.97 Å². The standard InChI is InChI=1S/C13H12N2O6S/c16-11-8-4-3-7(6-9(8)12(17)14-11)22(20,21)15-5-1-2-10(15)13(18)19/h3-4,6,10H,1-2,5H2,(H,18,19)(H,14,16,17). The second kappa shape index (κ2) is 4.89. The zero-order chi connectivity index (χ0) is 16.1. The molecule has 2 heterocycles. The number of amides is 2. The average Bonchev–Trinajstić information content (AvgIpc) is 3.05. The van der Waals surface area contributed by atoms with Gasteiger partial charge in [-0.25, -0.2) is 8.42 Å². The van der Waals surface area contributed by atoms with E-state index < -0.39 is 33.8 Å². The highest BCUT2D eigenvalue weighted by atomic mass is 32.2. The van der Waals surface area contributed by atoms with Crippen LogP contribution in [0.5, 0.6) is 0 Å². The van der Waals surface area contributed by atoms with E-state index in [1.54, 1.807) is 0 Å². The van der Waals surface area contributed by atoms with E-state index in [2.05, 4.69) is 5.32 Å². The summed E-state index contributed by atoms with van der Waals surface area (Å²) in [6, 6.07) is 2.48. The van der Waals surface area contributed by atoms with Crippen LogP contribution in [0.25, 0.3) is 0 Å². The van der Waals surface area contributed by atoms with Gasteiger partial charge in [-0.15, -0.1) is 0 Å². The average molecular weight is 324 g/mol. The van der Waals surface area contributed by atoms with Gasteiger partial charge < -0.3 is 5.11 Å². The number of hydrogen-bond acceptors (Lipinski definition) is 5. The molecule has 1 atom stereocenters. The molecule has 1 aromatic rings. The van der Waals surface area contributed by atoms with Crippen LogP contribution < -0.4 is 5.32 Å². The highest BCUT2D eigenvalue weighted by Crippen LogP contribution is 2.28. The second-order valence-corrected chi connectivity index (χ2v) is 6.99. The molecule has 0 saturated carbocycles. The smallest absolute Gasteiger partial charge is 0.322 e. The minimum Gasteiger partial charge on any atom is -0.480 e. The summed E-state index contributed by atoms with van der Waals surface area (Å²) < 4.78 is 26.1. The molecule has 3 rings (SSSR count). The van der Waals surface area contributed by atoms with E-state index >= 15 is 0 Å². The fourth-order valence-electron chi connectivity index (χ4n) is 2.72. The molecular formula is C13H12N2O6S. The number of fused-ring (bicyclic) bond motifs is 1. The Kier molecular flexibility index (Phi) is 3.26. The van der Waals surface area contributed by atoms with Crippen LogP contribution in [0.1, 0.15) is 33.6 Å². The van der Waals surface area contributed by atoms with Crippen LogP contribution in [-0.2, 0) is 14.8 Å². The van der Waals surface area contributed by atoms with Gasteiger partial charge in [0.2, 0.25) is 10.0 Å². The highest BCUT2D eigenvalue weighted by molar-refractivity contribution is 7.89.